The molecule has 0 aromatic carbocycles. The summed E-state index contributed by atoms with van der Waals surface area (Å²) in [5.74, 6) is 2.67. The van der Waals surface area contributed by atoms with E-state index in [-0.39, 0.29) is 5.60 Å². The molecule has 2 nitrogen and oxygen atoms in total. The van der Waals surface area contributed by atoms with E-state index >= 15 is 0 Å². The standard InChI is InChI=1S/C20H24O2/c21-14-3-5-15-13(12-14)2-4-17-16(15)6-7-19-18(17)8-10-20(19)9-1-11-22-20/h1,9,12,17-19H,2-8,10-11H2/t17-,18+,19+,20?/m1/s1. The molecule has 4 atom stereocenters. The van der Waals surface area contributed by atoms with E-state index < -0.39 is 0 Å². The van der Waals surface area contributed by atoms with E-state index in [0.29, 0.717) is 5.78 Å². The molecule has 0 N–H and O–H groups in total. The molecule has 0 bridgehead atoms. The molecular weight excluding hydrogens is 272 g/mol. The van der Waals surface area contributed by atoms with Gasteiger partial charge in [0.15, 0.2) is 5.78 Å². The summed E-state index contributed by atoms with van der Waals surface area (Å²) in [7, 11) is 0. The summed E-state index contributed by atoms with van der Waals surface area (Å²) < 4.78 is 6.19. The van der Waals surface area contributed by atoms with Crippen molar-refractivity contribution in [2.24, 2.45) is 17.8 Å². The second kappa shape index (κ2) is 4.67. The Morgan fingerprint density at radius 3 is 2.91 bits per heavy atom. The number of carbonyl (C=O) groups excluding carboxylic acids is 1. The highest BCUT2D eigenvalue weighted by Crippen LogP contribution is 2.58. The van der Waals surface area contributed by atoms with Crippen molar-refractivity contribution in [3.05, 3.63) is 34.9 Å². The van der Waals surface area contributed by atoms with Gasteiger partial charge in [-0.1, -0.05) is 17.7 Å². The lowest BCUT2D eigenvalue weighted by Gasteiger charge is -2.44. The molecule has 2 saturated carbocycles. The Labute approximate surface area is 132 Å². The van der Waals surface area contributed by atoms with Crippen molar-refractivity contribution in [1.82, 2.24) is 0 Å². The van der Waals surface area contributed by atoms with Crippen LogP contribution in [0.1, 0.15) is 51.4 Å². The van der Waals surface area contributed by atoms with Crippen molar-refractivity contribution in [2.45, 2.75) is 57.0 Å². The Kier molecular flexibility index (Phi) is 2.83. The zero-order valence-corrected chi connectivity index (χ0v) is 13.1. The van der Waals surface area contributed by atoms with Crippen LogP contribution in [-0.4, -0.2) is 18.0 Å². The fourth-order valence-corrected chi connectivity index (χ4v) is 6.15. The van der Waals surface area contributed by atoms with Gasteiger partial charge in [-0.25, -0.2) is 0 Å². The monoisotopic (exact) mass is 296 g/mol. The van der Waals surface area contributed by atoms with Crippen LogP contribution in [0.5, 0.6) is 0 Å². The van der Waals surface area contributed by atoms with Crippen molar-refractivity contribution in [2.75, 3.05) is 6.61 Å². The van der Waals surface area contributed by atoms with E-state index in [1.807, 2.05) is 6.08 Å². The molecule has 116 valence electrons. The first-order valence-corrected chi connectivity index (χ1v) is 9.04. The first-order valence-electron chi connectivity index (χ1n) is 9.04. The van der Waals surface area contributed by atoms with Gasteiger partial charge in [-0.15, -0.1) is 0 Å². The minimum Gasteiger partial charge on any atom is -0.367 e. The van der Waals surface area contributed by atoms with E-state index in [2.05, 4.69) is 12.2 Å². The second-order valence-corrected chi connectivity index (χ2v) is 7.80. The van der Waals surface area contributed by atoms with Gasteiger partial charge in [0, 0.05) is 6.42 Å². The van der Waals surface area contributed by atoms with Crippen LogP contribution in [0.2, 0.25) is 0 Å². The molecule has 0 aromatic rings. The van der Waals surface area contributed by atoms with E-state index in [4.69, 9.17) is 4.74 Å². The zero-order chi connectivity index (χ0) is 14.7. The molecule has 0 saturated heterocycles. The lowest BCUT2D eigenvalue weighted by atomic mass is 9.61. The summed E-state index contributed by atoms with van der Waals surface area (Å²) in [5.41, 5.74) is 4.77. The molecule has 1 aliphatic heterocycles. The van der Waals surface area contributed by atoms with Crippen LogP contribution < -0.4 is 0 Å². The van der Waals surface area contributed by atoms with Crippen molar-refractivity contribution in [1.29, 1.82) is 0 Å². The quantitative estimate of drug-likeness (QED) is 0.628. The average molecular weight is 296 g/mol. The summed E-state index contributed by atoms with van der Waals surface area (Å²) >= 11 is 0. The van der Waals surface area contributed by atoms with Crippen molar-refractivity contribution in [3.63, 3.8) is 0 Å². The molecule has 0 aromatic heterocycles. The van der Waals surface area contributed by atoms with Gasteiger partial charge in [0.2, 0.25) is 0 Å². The summed E-state index contributed by atoms with van der Waals surface area (Å²) in [5, 5.41) is 0. The lowest BCUT2D eigenvalue weighted by molar-refractivity contribution is -0.114. The van der Waals surface area contributed by atoms with Crippen molar-refractivity contribution >= 4 is 5.78 Å². The molecule has 0 radical (unpaired) electrons. The van der Waals surface area contributed by atoms with E-state index in [1.165, 1.54) is 37.7 Å². The summed E-state index contributed by atoms with van der Waals surface area (Å²) in [4.78, 5) is 11.7. The highest BCUT2D eigenvalue weighted by atomic mass is 16.5. The largest absolute Gasteiger partial charge is 0.367 e. The summed E-state index contributed by atoms with van der Waals surface area (Å²) in [6, 6.07) is 0. The highest BCUT2D eigenvalue weighted by molar-refractivity contribution is 5.93. The van der Waals surface area contributed by atoms with Gasteiger partial charge < -0.3 is 4.74 Å². The van der Waals surface area contributed by atoms with Crippen LogP contribution in [0.15, 0.2) is 34.9 Å². The maximum Gasteiger partial charge on any atom is 0.156 e. The summed E-state index contributed by atoms with van der Waals surface area (Å²) in [6.45, 7) is 0.816. The zero-order valence-electron chi connectivity index (χ0n) is 13.1. The molecule has 0 amide bonds. The first-order chi connectivity index (χ1) is 10.8. The number of ether oxygens (including phenoxy) is 1. The third-order valence-corrected chi connectivity index (χ3v) is 7.01. The SMILES string of the molecule is O=C1C=C2CC[C@@H]3C(=C2CC1)CC[C@H]1[C@H]3CCC12C=CCO2. The van der Waals surface area contributed by atoms with E-state index in [1.54, 1.807) is 11.1 Å². The predicted molar refractivity (Wildman–Crippen MR) is 85.3 cm³/mol. The minimum absolute atomic E-state index is 0.0828. The summed E-state index contributed by atoms with van der Waals surface area (Å²) in [6.07, 6.45) is 15.8. The van der Waals surface area contributed by atoms with Gasteiger partial charge in [0.25, 0.3) is 0 Å². The predicted octanol–water partition coefficient (Wildman–Crippen LogP) is 4.13. The number of ketones is 1. The number of carbonyl (C=O) groups is 1. The fourth-order valence-electron chi connectivity index (χ4n) is 6.15. The van der Waals surface area contributed by atoms with Crippen LogP contribution in [0.25, 0.3) is 0 Å². The van der Waals surface area contributed by atoms with Crippen molar-refractivity contribution < 1.29 is 9.53 Å². The lowest BCUT2D eigenvalue weighted by Crippen LogP contribution is -2.40. The van der Waals surface area contributed by atoms with Crippen LogP contribution >= 0.6 is 0 Å². The third-order valence-electron chi connectivity index (χ3n) is 7.01. The second-order valence-electron chi connectivity index (χ2n) is 7.80. The van der Waals surface area contributed by atoms with Crippen LogP contribution in [0.4, 0.5) is 0 Å². The Balaban J connectivity index is 1.51. The third kappa shape index (κ3) is 1.73. The van der Waals surface area contributed by atoms with Gasteiger partial charge in [-0.2, -0.15) is 0 Å². The van der Waals surface area contributed by atoms with Gasteiger partial charge in [-0.3, -0.25) is 4.79 Å². The first kappa shape index (κ1) is 13.3. The van der Waals surface area contributed by atoms with Crippen LogP contribution in [0.3, 0.4) is 0 Å². The number of allylic oxidation sites excluding steroid dienone is 4. The molecule has 1 spiro atoms. The Bertz CT molecular complexity index is 624. The minimum atomic E-state index is 0.0828. The molecule has 4 aliphatic carbocycles. The van der Waals surface area contributed by atoms with E-state index in [0.717, 1.165) is 43.6 Å². The molecular formula is C20H24O2. The van der Waals surface area contributed by atoms with E-state index in [9.17, 15) is 4.79 Å². The normalized spacial score (nSPS) is 43.2. The molecule has 2 heteroatoms. The maximum atomic E-state index is 11.7. The Morgan fingerprint density at radius 2 is 2.05 bits per heavy atom. The average Bonchev–Trinajstić information content (AvgIpc) is 3.15. The molecule has 5 rings (SSSR count). The Morgan fingerprint density at radius 1 is 1.09 bits per heavy atom. The molecule has 2 fully saturated rings. The molecule has 5 aliphatic rings. The molecule has 22 heavy (non-hydrogen) atoms. The number of hydrogen-bond donors (Lipinski definition) is 0. The Hall–Kier alpha value is -1.15. The highest BCUT2D eigenvalue weighted by Gasteiger charge is 2.54. The van der Waals surface area contributed by atoms with Gasteiger partial charge in [-0.05, 0) is 79.9 Å². The van der Waals surface area contributed by atoms with Gasteiger partial charge >= 0.3 is 0 Å². The van der Waals surface area contributed by atoms with Crippen molar-refractivity contribution in [3.8, 4) is 0 Å². The smallest absolute Gasteiger partial charge is 0.156 e. The maximum absolute atomic E-state index is 11.7. The molecule has 1 heterocycles. The number of hydrogen-bond acceptors (Lipinski definition) is 2. The van der Waals surface area contributed by atoms with Gasteiger partial charge in [0.05, 0.1) is 12.2 Å². The number of rotatable bonds is 0. The topological polar surface area (TPSA) is 26.3 Å². The van der Waals surface area contributed by atoms with Crippen LogP contribution in [-0.2, 0) is 9.53 Å². The van der Waals surface area contributed by atoms with Gasteiger partial charge in [0.1, 0.15) is 0 Å². The van der Waals surface area contributed by atoms with Crippen LogP contribution in [0, 0.1) is 17.8 Å². The molecule has 1 unspecified atom stereocenters. The number of fused-ring (bicyclic) bond motifs is 5. The fraction of sp³-hybridized carbons (Fsp3) is 0.650.